The Bertz CT molecular complexity index is 928. The summed E-state index contributed by atoms with van der Waals surface area (Å²) in [7, 11) is 0. The zero-order valence-electron chi connectivity index (χ0n) is 17.4. The first-order chi connectivity index (χ1) is 15.1. The number of aromatic nitrogens is 1. The predicted octanol–water partition coefficient (Wildman–Crippen LogP) is 4.50. The van der Waals surface area contributed by atoms with Crippen LogP contribution >= 0.6 is 15.9 Å². The van der Waals surface area contributed by atoms with E-state index in [1.807, 2.05) is 36.1 Å². The van der Waals surface area contributed by atoms with Crippen LogP contribution in [-0.4, -0.2) is 36.6 Å². The van der Waals surface area contributed by atoms with Crippen LogP contribution in [0.25, 0.3) is 0 Å². The first kappa shape index (κ1) is 24.0. The number of piperidine rings is 1. The van der Waals surface area contributed by atoms with Gasteiger partial charge in [-0.1, -0.05) is 28.1 Å². The number of hydrogen-bond donors (Lipinski definition) is 1. The summed E-state index contributed by atoms with van der Waals surface area (Å²) in [5.74, 6) is -0.764. The fourth-order valence-electron chi connectivity index (χ4n) is 3.46. The number of halogens is 4. The van der Waals surface area contributed by atoms with Crippen LogP contribution in [0.15, 0.2) is 47.1 Å². The number of nitrogens with zero attached hydrogens (tertiary/aromatic N) is 2. The van der Waals surface area contributed by atoms with Crippen LogP contribution in [0.4, 0.5) is 19.0 Å². The number of rotatable bonds is 6. The van der Waals surface area contributed by atoms with Crippen LogP contribution in [0.1, 0.15) is 36.9 Å². The van der Waals surface area contributed by atoms with Gasteiger partial charge >= 0.3 is 12.1 Å². The highest BCUT2D eigenvalue weighted by Gasteiger charge is 2.32. The lowest BCUT2D eigenvalue weighted by atomic mass is 9.97. The van der Waals surface area contributed by atoms with Gasteiger partial charge in [-0.2, -0.15) is 13.2 Å². The minimum absolute atomic E-state index is 0.228. The van der Waals surface area contributed by atoms with Gasteiger partial charge in [-0.05, 0) is 49.6 Å². The van der Waals surface area contributed by atoms with Gasteiger partial charge < -0.3 is 15.0 Å². The highest BCUT2D eigenvalue weighted by Crippen LogP contribution is 2.30. The lowest BCUT2D eigenvalue weighted by Crippen LogP contribution is -2.38. The molecule has 32 heavy (non-hydrogen) atoms. The van der Waals surface area contributed by atoms with Gasteiger partial charge in [0.15, 0.2) is 6.61 Å². The van der Waals surface area contributed by atoms with E-state index in [1.54, 1.807) is 0 Å². The van der Waals surface area contributed by atoms with Crippen molar-refractivity contribution in [2.75, 3.05) is 24.6 Å². The molecule has 2 heterocycles. The second kappa shape index (κ2) is 10.3. The topological polar surface area (TPSA) is 71.5 Å². The van der Waals surface area contributed by atoms with Crippen molar-refractivity contribution >= 4 is 33.6 Å². The molecule has 1 N–H and O–H groups in total. The zero-order valence-corrected chi connectivity index (χ0v) is 18.9. The average molecular weight is 514 g/mol. The molecule has 0 radical (unpaired) electrons. The smallest absolute Gasteiger partial charge is 0.417 e. The van der Waals surface area contributed by atoms with Crippen molar-refractivity contribution in [2.45, 2.75) is 32.0 Å². The van der Waals surface area contributed by atoms with Crippen LogP contribution < -0.4 is 10.2 Å². The molecule has 1 fully saturated rings. The van der Waals surface area contributed by atoms with Crippen LogP contribution in [-0.2, 0) is 20.5 Å². The zero-order chi connectivity index (χ0) is 23.3. The summed E-state index contributed by atoms with van der Waals surface area (Å²) in [5.41, 5.74) is 0.129. The van der Waals surface area contributed by atoms with Crippen molar-refractivity contribution in [3.05, 3.63) is 58.2 Å². The number of amides is 1. The Balaban J connectivity index is 1.42. The summed E-state index contributed by atoms with van der Waals surface area (Å²) in [6.07, 6.45) is -2.68. The maximum atomic E-state index is 12.7. The molecule has 1 atom stereocenters. The first-order valence-corrected chi connectivity index (χ1v) is 10.9. The second-order valence-electron chi connectivity index (χ2n) is 7.61. The third kappa shape index (κ3) is 6.44. The number of alkyl halides is 3. The summed E-state index contributed by atoms with van der Waals surface area (Å²) in [4.78, 5) is 30.2. The Morgan fingerprint density at radius 3 is 2.41 bits per heavy atom. The minimum atomic E-state index is -4.43. The molecule has 1 saturated heterocycles. The van der Waals surface area contributed by atoms with Crippen molar-refractivity contribution in [3.8, 4) is 0 Å². The molecule has 1 aromatic heterocycles. The number of benzene rings is 1. The number of anilines is 1. The number of carbonyl (C=O) groups is 2. The van der Waals surface area contributed by atoms with E-state index in [-0.39, 0.29) is 24.5 Å². The number of hydrogen-bond acceptors (Lipinski definition) is 5. The summed E-state index contributed by atoms with van der Waals surface area (Å²) in [6, 6.07) is 9.64. The number of pyridine rings is 1. The van der Waals surface area contributed by atoms with Crippen molar-refractivity contribution in [3.63, 3.8) is 0 Å². The van der Waals surface area contributed by atoms with Crippen LogP contribution in [0.2, 0.25) is 0 Å². The molecule has 0 aliphatic carbocycles. The number of ether oxygens (including phenoxy) is 1. The van der Waals surface area contributed by atoms with Gasteiger partial charge in [0.25, 0.3) is 5.91 Å². The lowest BCUT2D eigenvalue weighted by Gasteiger charge is -2.31. The maximum Gasteiger partial charge on any atom is 0.417 e. The number of esters is 1. The van der Waals surface area contributed by atoms with Gasteiger partial charge in [0.05, 0.1) is 17.5 Å². The third-order valence-electron chi connectivity index (χ3n) is 5.32. The van der Waals surface area contributed by atoms with Gasteiger partial charge in [0.1, 0.15) is 5.82 Å². The Labute approximate surface area is 192 Å². The molecule has 1 aromatic carbocycles. The Morgan fingerprint density at radius 1 is 1.19 bits per heavy atom. The molecule has 0 unspecified atom stereocenters. The average Bonchev–Trinajstić information content (AvgIpc) is 2.77. The van der Waals surface area contributed by atoms with Crippen LogP contribution in [0.3, 0.4) is 0 Å². The standard InChI is InChI=1S/C22H23BrF3N3O3/c1-14(15-2-5-18(23)6-3-15)28-20(30)13-32-21(31)16-8-10-29(11-9-16)19-7-4-17(12-27-19)22(24,25)26/h2-7,12,14,16H,8-11,13H2,1H3,(H,28,30)/t14-/m1/s1. The molecule has 0 spiro atoms. The van der Waals surface area contributed by atoms with E-state index in [0.717, 1.165) is 22.3 Å². The SMILES string of the molecule is C[C@@H](NC(=O)COC(=O)C1CCN(c2ccc(C(F)(F)F)cn2)CC1)c1ccc(Br)cc1. The van der Waals surface area contributed by atoms with Crippen molar-refractivity contribution in [2.24, 2.45) is 5.92 Å². The molecule has 0 bridgehead atoms. The summed E-state index contributed by atoms with van der Waals surface area (Å²) in [6.45, 7) is 2.41. The van der Waals surface area contributed by atoms with Gasteiger partial charge in [0.2, 0.25) is 0 Å². The Kier molecular flexibility index (Phi) is 7.76. The van der Waals surface area contributed by atoms with Crippen molar-refractivity contribution in [1.29, 1.82) is 0 Å². The third-order valence-corrected chi connectivity index (χ3v) is 5.85. The molecular weight excluding hydrogens is 491 g/mol. The van der Waals surface area contributed by atoms with Crippen LogP contribution in [0.5, 0.6) is 0 Å². The highest BCUT2D eigenvalue weighted by molar-refractivity contribution is 9.10. The molecule has 0 saturated carbocycles. The van der Waals surface area contributed by atoms with E-state index in [4.69, 9.17) is 4.74 Å². The summed E-state index contributed by atoms with van der Waals surface area (Å²) in [5, 5.41) is 2.79. The Morgan fingerprint density at radius 2 is 1.84 bits per heavy atom. The van der Waals surface area contributed by atoms with E-state index in [1.165, 1.54) is 6.07 Å². The fraction of sp³-hybridized carbons (Fsp3) is 0.409. The second-order valence-corrected chi connectivity index (χ2v) is 8.53. The highest BCUT2D eigenvalue weighted by atomic mass is 79.9. The molecule has 2 aromatic rings. The lowest BCUT2D eigenvalue weighted by molar-refractivity contribution is -0.153. The predicted molar refractivity (Wildman–Crippen MR) is 116 cm³/mol. The summed E-state index contributed by atoms with van der Waals surface area (Å²) < 4.78 is 44.1. The van der Waals surface area contributed by atoms with Gasteiger partial charge in [-0.3, -0.25) is 9.59 Å². The monoisotopic (exact) mass is 513 g/mol. The van der Waals surface area contributed by atoms with E-state index in [9.17, 15) is 22.8 Å². The van der Waals surface area contributed by atoms with E-state index in [0.29, 0.717) is 31.7 Å². The van der Waals surface area contributed by atoms with Gasteiger partial charge in [-0.15, -0.1) is 0 Å². The quantitative estimate of drug-likeness (QED) is 0.575. The fourth-order valence-corrected chi connectivity index (χ4v) is 3.72. The Hall–Kier alpha value is -2.62. The molecule has 1 amide bonds. The molecule has 1 aliphatic heterocycles. The molecule has 6 nitrogen and oxygen atoms in total. The molecule has 3 rings (SSSR count). The van der Waals surface area contributed by atoms with E-state index in [2.05, 4.69) is 26.2 Å². The van der Waals surface area contributed by atoms with Crippen molar-refractivity contribution < 1.29 is 27.5 Å². The van der Waals surface area contributed by atoms with Crippen molar-refractivity contribution in [1.82, 2.24) is 10.3 Å². The van der Waals surface area contributed by atoms with Gasteiger partial charge in [0, 0.05) is 23.8 Å². The maximum absolute atomic E-state index is 12.7. The molecule has 172 valence electrons. The largest absolute Gasteiger partial charge is 0.455 e. The van der Waals surface area contributed by atoms with Crippen LogP contribution in [0, 0.1) is 5.92 Å². The number of nitrogens with one attached hydrogen (secondary N) is 1. The molecular formula is C22H23BrF3N3O3. The van der Waals surface area contributed by atoms with E-state index >= 15 is 0 Å². The van der Waals surface area contributed by atoms with E-state index < -0.39 is 17.7 Å². The first-order valence-electron chi connectivity index (χ1n) is 10.1. The molecule has 1 aliphatic rings. The van der Waals surface area contributed by atoms with Gasteiger partial charge in [-0.25, -0.2) is 4.98 Å². The number of carbonyl (C=O) groups excluding carboxylic acids is 2. The minimum Gasteiger partial charge on any atom is -0.455 e. The normalized spacial score (nSPS) is 15.8. The molecule has 10 heteroatoms. The summed E-state index contributed by atoms with van der Waals surface area (Å²) >= 11 is 3.36.